The summed E-state index contributed by atoms with van der Waals surface area (Å²) in [6.45, 7) is 3.20. The van der Waals surface area contributed by atoms with E-state index in [1.807, 2.05) is 12.1 Å². The van der Waals surface area contributed by atoms with E-state index in [2.05, 4.69) is 70.8 Å². The Labute approximate surface area is 128 Å². The second-order valence-electron chi connectivity index (χ2n) is 4.54. The fourth-order valence-corrected chi connectivity index (χ4v) is 2.60. The molecule has 2 N–H and O–H groups in total. The molecule has 0 saturated heterocycles. The van der Waals surface area contributed by atoms with Crippen LogP contribution in [-0.4, -0.2) is 6.54 Å². The molecule has 3 heteroatoms. The van der Waals surface area contributed by atoms with Gasteiger partial charge in [-0.05, 0) is 59.3 Å². The predicted molar refractivity (Wildman–Crippen MR) is 91.9 cm³/mol. The molecule has 0 aliphatic rings. The maximum absolute atomic E-state index is 6.18. The van der Waals surface area contributed by atoms with Gasteiger partial charge in [0.2, 0.25) is 0 Å². The quantitative estimate of drug-likeness (QED) is 0.608. The molecule has 0 atom stereocenters. The van der Waals surface area contributed by atoms with Gasteiger partial charge in [0.05, 0.1) is 11.4 Å². The van der Waals surface area contributed by atoms with Crippen molar-refractivity contribution in [2.75, 3.05) is 17.2 Å². The number of para-hydroxylation sites is 1. The highest BCUT2D eigenvalue weighted by Gasteiger charge is 2.11. The lowest BCUT2D eigenvalue weighted by Gasteiger charge is -2.26. The average molecular weight is 366 g/mol. The molecule has 0 aliphatic carbocycles. The van der Waals surface area contributed by atoms with E-state index in [0.29, 0.717) is 0 Å². The van der Waals surface area contributed by atoms with Crippen molar-refractivity contribution in [1.29, 1.82) is 0 Å². The number of nitrogens with two attached hydrogens (primary N) is 1. The summed E-state index contributed by atoms with van der Waals surface area (Å²) in [5.74, 6) is 0. The number of hydrogen-bond acceptors (Lipinski definition) is 2. The molecular weight excluding hydrogens is 347 g/mol. The summed E-state index contributed by atoms with van der Waals surface area (Å²) in [5.41, 5.74) is 9.32. The first-order chi connectivity index (χ1) is 9.22. The summed E-state index contributed by atoms with van der Waals surface area (Å²) >= 11 is 2.29. The van der Waals surface area contributed by atoms with Gasteiger partial charge in [0.25, 0.3) is 0 Å². The summed E-state index contributed by atoms with van der Waals surface area (Å²) in [4.78, 5) is 2.30. The zero-order chi connectivity index (χ0) is 13.7. The second kappa shape index (κ2) is 6.80. The Balaban J connectivity index is 2.37. The van der Waals surface area contributed by atoms with Gasteiger partial charge in [-0.15, -0.1) is 0 Å². The van der Waals surface area contributed by atoms with E-state index in [1.54, 1.807) is 0 Å². The first kappa shape index (κ1) is 14.2. The highest BCUT2D eigenvalue weighted by molar-refractivity contribution is 14.1. The number of nitrogen functional groups attached to an aromatic ring is 1. The van der Waals surface area contributed by atoms with Crippen LogP contribution in [0, 0.1) is 3.57 Å². The molecule has 2 aromatic carbocycles. The van der Waals surface area contributed by atoms with Crippen LogP contribution in [0.15, 0.2) is 48.5 Å². The number of halogens is 1. The van der Waals surface area contributed by atoms with Crippen LogP contribution in [0.2, 0.25) is 0 Å². The van der Waals surface area contributed by atoms with Crippen molar-refractivity contribution in [3.05, 3.63) is 52.1 Å². The molecule has 2 aromatic rings. The molecule has 2 nitrogen and oxygen atoms in total. The fraction of sp³-hybridized carbons (Fsp3) is 0.250. The van der Waals surface area contributed by atoms with E-state index in [4.69, 9.17) is 5.73 Å². The molecule has 2 rings (SSSR count). The molecule has 0 radical (unpaired) electrons. The van der Waals surface area contributed by atoms with Crippen molar-refractivity contribution >= 4 is 39.7 Å². The Hall–Kier alpha value is -1.23. The normalized spacial score (nSPS) is 10.4. The SMILES string of the molecule is CCCCN(c1ccccc1)c1ccc(I)cc1N. The van der Waals surface area contributed by atoms with E-state index in [9.17, 15) is 0 Å². The van der Waals surface area contributed by atoms with Crippen molar-refractivity contribution in [2.45, 2.75) is 19.8 Å². The fourth-order valence-electron chi connectivity index (χ4n) is 2.08. The molecule has 100 valence electrons. The van der Waals surface area contributed by atoms with Gasteiger partial charge in [0, 0.05) is 15.8 Å². The zero-order valence-corrected chi connectivity index (χ0v) is 13.3. The lowest BCUT2D eigenvalue weighted by atomic mass is 10.2. The van der Waals surface area contributed by atoms with Crippen LogP contribution >= 0.6 is 22.6 Å². The minimum Gasteiger partial charge on any atom is -0.397 e. The van der Waals surface area contributed by atoms with Gasteiger partial charge in [0.15, 0.2) is 0 Å². The van der Waals surface area contributed by atoms with Crippen molar-refractivity contribution in [3.63, 3.8) is 0 Å². The number of hydrogen-bond donors (Lipinski definition) is 1. The highest BCUT2D eigenvalue weighted by Crippen LogP contribution is 2.31. The Bertz CT molecular complexity index is 526. The second-order valence-corrected chi connectivity index (χ2v) is 5.79. The summed E-state index contributed by atoms with van der Waals surface area (Å²) < 4.78 is 1.17. The molecule has 0 aliphatic heterocycles. The van der Waals surface area contributed by atoms with Crippen molar-refractivity contribution < 1.29 is 0 Å². The molecule has 0 unspecified atom stereocenters. The van der Waals surface area contributed by atoms with Gasteiger partial charge >= 0.3 is 0 Å². The summed E-state index contributed by atoms with van der Waals surface area (Å²) in [5, 5.41) is 0. The topological polar surface area (TPSA) is 29.3 Å². The van der Waals surface area contributed by atoms with Gasteiger partial charge < -0.3 is 10.6 Å². The van der Waals surface area contributed by atoms with Crippen molar-refractivity contribution in [2.24, 2.45) is 0 Å². The van der Waals surface area contributed by atoms with Crippen LogP contribution in [0.5, 0.6) is 0 Å². The largest absolute Gasteiger partial charge is 0.397 e. The minimum absolute atomic E-state index is 0.840. The van der Waals surface area contributed by atoms with Crippen LogP contribution in [-0.2, 0) is 0 Å². The zero-order valence-electron chi connectivity index (χ0n) is 11.1. The molecule has 0 saturated carbocycles. The number of anilines is 3. The van der Waals surface area contributed by atoms with E-state index >= 15 is 0 Å². The molecule has 19 heavy (non-hydrogen) atoms. The molecule has 0 aromatic heterocycles. The molecule has 0 fully saturated rings. The van der Waals surface area contributed by atoms with E-state index in [-0.39, 0.29) is 0 Å². The molecule has 0 heterocycles. The van der Waals surface area contributed by atoms with Gasteiger partial charge in [0.1, 0.15) is 0 Å². The number of benzene rings is 2. The van der Waals surface area contributed by atoms with Crippen LogP contribution in [0.1, 0.15) is 19.8 Å². The lowest BCUT2D eigenvalue weighted by Crippen LogP contribution is -2.19. The summed E-state index contributed by atoms with van der Waals surface area (Å²) in [6.07, 6.45) is 2.33. The van der Waals surface area contributed by atoms with Crippen molar-refractivity contribution in [3.8, 4) is 0 Å². The monoisotopic (exact) mass is 366 g/mol. The first-order valence-corrected chi connectivity index (χ1v) is 7.68. The number of unbranched alkanes of at least 4 members (excludes halogenated alkanes) is 1. The minimum atomic E-state index is 0.840. The van der Waals surface area contributed by atoms with Gasteiger partial charge in [-0.3, -0.25) is 0 Å². The molecular formula is C16H19IN2. The standard InChI is InChI=1S/C16H19IN2/c1-2-3-11-19(14-7-5-4-6-8-14)16-10-9-13(17)12-15(16)18/h4-10,12H,2-3,11,18H2,1H3. The first-order valence-electron chi connectivity index (χ1n) is 6.60. The number of rotatable bonds is 5. The third kappa shape index (κ3) is 3.62. The maximum atomic E-state index is 6.18. The molecule has 0 amide bonds. The van der Waals surface area contributed by atoms with Crippen LogP contribution in [0.3, 0.4) is 0 Å². The Morgan fingerprint density at radius 2 is 1.84 bits per heavy atom. The maximum Gasteiger partial charge on any atom is 0.0645 e. The van der Waals surface area contributed by atoms with Gasteiger partial charge in [-0.1, -0.05) is 31.5 Å². The average Bonchev–Trinajstić information content (AvgIpc) is 2.42. The Kier molecular flexibility index (Phi) is 5.07. The van der Waals surface area contributed by atoms with E-state index < -0.39 is 0 Å². The molecule has 0 bridgehead atoms. The number of nitrogens with zero attached hydrogens (tertiary/aromatic N) is 1. The Morgan fingerprint density at radius 1 is 1.11 bits per heavy atom. The summed E-state index contributed by atoms with van der Waals surface area (Å²) in [7, 11) is 0. The van der Waals surface area contributed by atoms with Gasteiger partial charge in [-0.2, -0.15) is 0 Å². The predicted octanol–water partition coefficient (Wildman–Crippen LogP) is 4.81. The smallest absolute Gasteiger partial charge is 0.0645 e. The van der Waals surface area contributed by atoms with E-state index in [0.717, 1.165) is 24.3 Å². The van der Waals surface area contributed by atoms with Crippen LogP contribution in [0.25, 0.3) is 0 Å². The summed E-state index contributed by atoms with van der Waals surface area (Å²) in [6, 6.07) is 16.7. The third-order valence-electron chi connectivity index (χ3n) is 3.08. The Morgan fingerprint density at radius 3 is 2.47 bits per heavy atom. The van der Waals surface area contributed by atoms with E-state index in [1.165, 1.54) is 15.7 Å². The molecule has 0 spiro atoms. The highest BCUT2D eigenvalue weighted by atomic mass is 127. The van der Waals surface area contributed by atoms with Crippen LogP contribution in [0.4, 0.5) is 17.1 Å². The lowest BCUT2D eigenvalue weighted by molar-refractivity contribution is 0.786. The van der Waals surface area contributed by atoms with Gasteiger partial charge in [-0.25, -0.2) is 0 Å². The third-order valence-corrected chi connectivity index (χ3v) is 3.75. The van der Waals surface area contributed by atoms with Crippen molar-refractivity contribution in [1.82, 2.24) is 0 Å². The van der Waals surface area contributed by atoms with Crippen LogP contribution < -0.4 is 10.6 Å².